The SMILES string of the molecule is Brc1ccnc(OC2CC2)n1. The van der Waals surface area contributed by atoms with Crippen molar-refractivity contribution in [2.24, 2.45) is 0 Å². The van der Waals surface area contributed by atoms with Gasteiger partial charge in [0.15, 0.2) is 0 Å². The maximum absolute atomic E-state index is 5.35. The van der Waals surface area contributed by atoms with E-state index in [1.807, 2.05) is 0 Å². The molecule has 11 heavy (non-hydrogen) atoms. The molecule has 2 rings (SSSR count). The summed E-state index contributed by atoms with van der Waals surface area (Å²) in [5.74, 6) is 0. The van der Waals surface area contributed by atoms with Gasteiger partial charge >= 0.3 is 6.01 Å². The van der Waals surface area contributed by atoms with Crippen molar-refractivity contribution in [2.75, 3.05) is 0 Å². The lowest BCUT2D eigenvalue weighted by atomic mass is 10.7. The van der Waals surface area contributed by atoms with Gasteiger partial charge in [-0.3, -0.25) is 0 Å². The van der Waals surface area contributed by atoms with Crippen LogP contribution in [0.15, 0.2) is 16.9 Å². The predicted molar refractivity (Wildman–Crippen MR) is 43.4 cm³/mol. The largest absolute Gasteiger partial charge is 0.460 e. The molecule has 0 unspecified atom stereocenters. The van der Waals surface area contributed by atoms with Crippen molar-refractivity contribution in [1.29, 1.82) is 0 Å². The highest BCUT2D eigenvalue weighted by atomic mass is 79.9. The molecule has 0 radical (unpaired) electrons. The summed E-state index contributed by atoms with van der Waals surface area (Å²) >= 11 is 3.24. The summed E-state index contributed by atoms with van der Waals surface area (Å²) in [4.78, 5) is 7.99. The smallest absolute Gasteiger partial charge is 0.317 e. The lowest BCUT2D eigenvalue weighted by molar-refractivity contribution is 0.277. The zero-order valence-corrected chi connectivity index (χ0v) is 7.41. The minimum Gasteiger partial charge on any atom is -0.460 e. The minimum atomic E-state index is 0.365. The second kappa shape index (κ2) is 2.77. The highest BCUT2D eigenvalue weighted by Crippen LogP contribution is 2.24. The fourth-order valence-electron chi connectivity index (χ4n) is 0.712. The number of nitrogens with zero attached hydrogens (tertiary/aromatic N) is 2. The molecule has 0 N–H and O–H groups in total. The van der Waals surface area contributed by atoms with Crippen molar-refractivity contribution >= 4 is 15.9 Å². The molecule has 1 aliphatic carbocycles. The van der Waals surface area contributed by atoms with Crippen molar-refractivity contribution in [3.05, 3.63) is 16.9 Å². The number of hydrogen-bond acceptors (Lipinski definition) is 3. The summed E-state index contributed by atoms with van der Waals surface area (Å²) in [7, 11) is 0. The molecule has 0 aliphatic heterocycles. The van der Waals surface area contributed by atoms with Gasteiger partial charge in [-0.2, -0.15) is 4.98 Å². The highest BCUT2D eigenvalue weighted by Gasteiger charge is 2.24. The van der Waals surface area contributed by atoms with Gasteiger partial charge in [0.05, 0.1) is 0 Å². The van der Waals surface area contributed by atoms with Crippen molar-refractivity contribution in [2.45, 2.75) is 18.9 Å². The van der Waals surface area contributed by atoms with E-state index in [-0.39, 0.29) is 0 Å². The van der Waals surface area contributed by atoms with Crippen LogP contribution in [0.2, 0.25) is 0 Å². The molecule has 1 aromatic rings. The Hall–Kier alpha value is -0.640. The third-order valence-electron chi connectivity index (χ3n) is 1.40. The molecule has 4 heteroatoms. The van der Waals surface area contributed by atoms with Crippen molar-refractivity contribution in [3.63, 3.8) is 0 Å². The molecule has 3 nitrogen and oxygen atoms in total. The highest BCUT2D eigenvalue weighted by molar-refractivity contribution is 9.10. The van der Waals surface area contributed by atoms with Crippen LogP contribution >= 0.6 is 15.9 Å². The van der Waals surface area contributed by atoms with E-state index in [1.54, 1.807) is 12.3 Å². The number of halogens is 1. The Morgan fingerprint density at radius 1 is 1.55 bits per heavy atom. The lowest BCUT2D eigenvalue weighted by Crippen LogP contribution is -1.99. The van der Waals surface area contributed by atoms with Crippen molar-refractivity contribution in [1.82, 2.24) is 9.97 Å². The summed E-state index contributed by atoms with van der Waals surface area (Å²) in [6.07, 6.45) is 4.31. The van der Waals surface area contributed by atoms with Crippen molar-refractivity contribution < 1.29 is 4.74 Å². The summed E-state index contributed by atoms with van der Waals surface area (Å²) in [6, 6.07) is 2.25. The number of rotatable bonds is 2. The first kappa shape index (κ1) is 7.03. The third-order valence-corrected chi connectivity index (χ3v) is 1.84. The quantitative estimate of drug-likeness (QED) is 0.705. The van der Waals surface area contributed by atoms with E-state index in [4.69, 9.17) is 4.74 Å². The zero-order valence-electron chi connectivity index (χ0n) is 5.83. The molecule has 0 bridgehead atoms. The van der Waals surface area contributed by atoms with Gasteiger partial charge in [-0.15, -0.1) is 0 Å². The van der Waals surface area contributed by atoms with Crippen LogP contribution in [-0.2, 0) is 0 Å². The maximum atomic E-state index is 5.35. The second-order valence-electron chi connectivity index (χ2n) is 2.48. The van der Waals surface area contributed by atoms with Crippen LogP contribution < -0.4 is 4.74 Å². The Balaban J connectivity index is 2.10. The van der Waals surface area contributed by atoms with Crippen LogP contribution in [0.1, 0.15) is 12.8 Å². The fraction of sp³-hybridized carbons (Fsp3) is 0.429. The fourth-order valence-corrected chi connectivity index (χ4v) is 0.982. The van der Waals surface area contributed by atoms with Crippen LogP contribution in [0.4, 0.5) is 0 Å². The first-order valence-corrected chi connectivity index (χ1v) is 4.29. The molecule has 1 heterocycles. The van der Waals surface area contributed by atoms with E-state index >= 15 is 0 Å². The van der Waals surface area contributed by atoms with E-state index in [0.717, 1.165) is 17.4 Å². The minimum absolute atomic E-state index is 0.365. The molecule has 0 saturated heterocycles. The van der Waals surface area contributed by atoms with Crippen LogP contribution in [0.3, 0.4) is 0 Å². The first-order chi connectivity index (χ1) is 5.34. The third kappa shape index (κ3) is 1.89. The average molecular weight is 215 g/mol. The summed E-state index contributed by atoms with van der Waals surface area (Å²) in [5, 5.41) is 0. The van der Waals surface area contributed by atoms with Gasteiger partial charge in [0, 0.05) is 6.20 Å². The lowest BCUT2D eigenvalue weighted by Gasteiger charge is -1.99. The number of aromatic nitrogens is 2. The molecule has 1 fully saturated rings. The topological polar surface area (TPSA) is 35.0 Å². The van der Waals surface area contributed by atoms with Crippen LogP contribution in [-0.4, -0.2) is 16.1 Å². The van der Waals surface area contributed by atoms with Crippen LogP contribution in [0.5, 0.6) is 6.01 Å². The standard InChI is InChI=1S/C7H7BrN2O/c8-6-3-4-9-7(10-6)11-5-1-2-5/h3-5H,1-2H2. The molecule has 1 saturated carbocycles. The number of ether oxygens (including phenoxy) is 1. The van der Waals surface area contributed by atoms with Gasteiger partial charge in [-0.25, -0.2) is 4.98 Å². The first-order valence-electron chi connectivity index (χ1n) is 3.50. The van der Waals surface area contributed by atoms with E-state index < -0.39 is 0 Å². The summed E-state index contributed by atoms with van der Waals surface area (Å²) < 4.78 is 6.12. The van der Waals surface area contributed by atoms with Gasteiger partial charge in [-0.05, 0) is 34.8 Å². The molecule has 0 atom stereocenters. The summed E-state index contributed by atoms with van der Waals surface area (Å²) in [5.41, 5.74) is 0. The molecular weight excluding hydrogens is 208 g/mol. The Morgan fingerprint density at radius 3 is 3.00 bits per heavy atom. The van der Waals surface area contributed by atoms with Gasteiger partial charge < -0.3 is 4.74 Å². The Labute approximate surface area is 72.9 Å². The Morgan fingerprint density at radius 2 is 2.36 bits per heavy atom. The molecule has 0 aromatic carbocycles. The van der Waals surface area contributed by atoms with Crippen LogP contribution in [0, 0.1) is 0 Å². The average Bonchev–Trinajstić information content (AvgIpc) is 2.71. The molecule has 0 amide bonds. The molecular formula is C7H7BrN2O. The Kier molecular flexibility index (Phi) is 1.77. The van der Waals surface area contributed by atoms with Gasteiger partial charge in [0.2, 0.25) is 0 Å². The van der Waals surface area contributed by atoms with Gasteiger partial charge in [0.25, 0.3) is 0 Å². The predicted octanol–water partition coefficient (Wildman–Crippen LogP) is 1.78. The van der Waals surface area contributed by atoms with Gasteiger partial charge in [0.1, 0.15) is 10.7 Å². The molecule has 1 aromatic heterocycles. The Bertz CT molecular complexity index is 262. The second-order valence-corrected chi connectivity index (χ2v) is 3.29. The van der Waals surface area contributed by atoms with Crippen molar-refractivity contribution in [3.8, 4) is 6.01 Å². The number of hydrogen-bond donors (Lipinski definition) is 0. The van der Waals surface area contributed by atoms with E-state index in [2.05, 4.69) is 25.9 Å². The van der Waals surface area contributed by atoms with Gasteiger partial charge in [-0.1, -0.05) is 0 Å². The van der Waals surface area contributed by atoms with E-state index in [0.29, 0.717) is 12.1 Å². The zero-order chi connectivity index (χ0) is 7.68. The molecule has 0 spiro atoms. The van der Waals surface area contributed by atoms with Crippen LogP contribution in [0.25, 0.3) is 0 Å². The molecule has 1 aliphatic rings. The van der Waals surface area contributed by atoms with E-state index in [1.165, 1.54) is 0 Å². The van der Waals surface area contributed by atoms with E-state index in [9.17, 15) is 0 Å². The normalized spacial score (nSPS) is 16.5. The monoisotopic (exact) mass is 214 g/mol. The maximum Gasteiger partial charge on any atom is 0.317 e. The summed E-state index contributed by atoms with van der Waals surface area (Å²) in [6.45, 7) is 0. The molecule has 58 valence electrons.